The van der Waals surface area contributed by atoms with E-state index in [4.69, 9.17) is 24.1 Å². The fourth-order valence-electron chi connectivity index (χ4n) is 3.30. The Labute approximate surface area is 270 Å². The Morgan fingerprint density at radius 3 is 1.09 bits per heavy atom. The summed E-state index contributed by atoms with van der Waals surface area (Å²) in [5.41, 5.74) is 1.82. The first-order valence-electron chi connectivity index (χ1n) is 14.9. The monoisotopic (exact) mass is 630 g/mol. The lowest BCUT2D eigenvalue weighted by Crippen LogP contribution is -2.03. The fraction of sp³-hybridized carbons (Fsp3) is 0.243. The van der Waals surface area contributed by atoms with Crippen LogP contribution in [0.5, 0.6) is 5.75 Å². The maximum atomic E-state index is 11.0. The topological polar surface area (TPSA) is 125 Å². The van der Waals surface area contributed by atoms with Gasteiger partial charge in [-0.1, -0.05) is 72.8 Å². The number of carbonyl (C=O) groups excluding carboxylic acids is 3. The van der Waals surface area contributed by atoms with Gasteiger partial charge in [0.1, 0.15) is 5.75 Å². The molecule has 1 N–H and O–H groups in total. The molecule has 4 rings (SSSR count). The fourth-order valence-corrected chi connectivity index (χ4v) is 3.30. The molecule has 0 fully saturated rings. The summed E-state index contributed by atoms with van der Waals surface area (Å²) in [4.78, 5) is 43.2. The van der Waals surface area contributed by atoms with E-state index in [1.54, 1.807) is 57.2 Å². The van der Waals surface area contributed by atoms with Gasteiger partial charge in [0.2, 0.25) is 0 Å². The lowest BCUT2D eigenvalue weighted by molar-refractivity contribution is -0.137. The van der Waals surface area contributed by atoms with Gasteiger partial charge in [0.15, 0.2) is 0 Å². The number of rotatable bonds is 11. The molecule has 0 saturated heterocycles. The number of carbonyl (C=O) groups is 4. The van der Waals surface area contributed by atoms with E-state index < -0.39 is 5.97 Å². The largest absolute Gasteiger partial charge is 0.494 e. The number of esters is 3. The molecule has 0 heterocycles. The van der Waals surface area contributed by atoms with Gasteiger partial charge in [0.05, 0.1) is 43.1 Å². The highest BCUT2D eigenvalue weighted by molar-refractivity contribution is 5.90. The summed E-state index contributed by atoms with van der Waals surface area (Å²) in [6.45, 7) is 7.11. The van der Waals surface area contributed by atoms with E-state index in [1.807, 2.05) is 84.9 Å². The van der Waals surface area contributed by atoms with Gasteiger partial charge in [0, 0.05) is 6.42 Å². The second kappa shape index (κ2) is 24.9. The minimum absolute atomic E-state index is 0.160. The second-order valence-corrected chi connectivity index (χ2v) is 8.92. The molecule has 4 aromatic rings. The zero-order valence-corrected chi connectivity index (χ0v) is 26.5. The van der Waals surface area contributed by atoms with Crippen molar-refractivity contribution in [2.75, 3.05) is 26.4 Å². The van der Waals surface area contributed by atoms with Gasteiger partial charge in [-0.25, -0.2) is 14.4 Å². The number of carboxylic acids is 1. The molecule has 0 unspecified atom stereocenters. The first-order chi connectivity index (χ1) is 22.3. The van der Waals surface area contributed by atoms with Crippen LogP contribution < -0.4 is 4.74 Å². The van der Waals surface area contributed by atoms with Gasteiger partial charge in [-0.2, -0.15) is 0 Å². The summed E-state index contributed by atoms with van der Waals surface area (Å²) in [5, 5.41) is 8.36. The van der Waals surface area contributed by atoms with Crippen molar-refractivity contribution < 1.29 is 43.2 Å². The van der Waals surface area contributed by atoms with Crippen molar-refractivity contribution in [3.8, 4) is 5.75 Å². The van der Waals surface area contributed by atoms with Crippen molar-refractivity contribution in [3.05, 3.63) is 138 Å². The number of ether oxygens (including phenoxy) is 4. The highest BCUT2D eigenvalue weighted by Crippen LogP contribution is 2.08. The molecule has 244 valence electrons. The molecule has 9 heteroatoms. The average molecular weight is 631 g/mol. The third-order valence-corrected chi connectivity index (χ3v) is 5.40. The highest BCUT2D eigenvalue weighted by atomic mass is 16.5. The van der Waals surface area contributed by atoms with Crippen LogP contribution in [-0.4, -0.2) is 55.4 Å². The Balaban J connectivity index is 0.000000307. The molecule has 0 atom stereocenters. The number of para-hydroxylation sites is 1. The van der Waals surface area contributed by atoms with Crippen molar-refractivity contribution in [3.63, 3.8) is 0 Å². The molecule has 0 aliphatic carbocycles. The van der Waals surface area contributed by atoms with Crippen molar-refractivity contribution >= 4 is 23.9 Å². The van der Waals surface area contributed by atoms with Crippen LogP contribution in [0.25, 0.3) is 0 Å². The van der Waals surface area contributed by atoms with Crippen LogP contribution in [0, 0.1) is 0 Å². The molecule has 0 saturated carbocycles. The standard InChI is InChI=1S/C10H12O3.3C9H10O2/c11-10(12)7-4-8-13-9-5-2-1-3-6-9;3*1-2-11-9(10)8-6-4-3-5-7-8/h1-3,5-6H,4,7-8H2,(H,11,12);3*3-7H,2H2,1H3. The first-order valence-corrected chi connectivity index (χ1v) is 14.9. The Kier molecular flexibility index (Phi) is 20.9. The molecule has 0 aliphatic heterocycles. The van der Waals surface area contributed by atoms with E-state index in [-0.39, 0.29) is 24.3 Å². The maximum Gasteiger partial charge on any atom is 0.338 e. The van der Waals surface area contributed by atoms with E-state index in [0.717, 1.165) is 5.75 Å². The lowest BCUT2D eigenvalue weighted by atomic mass is 10.2. The van der Waals surface area contributed by atoms with Gasteiger partial charge in [-0.3, -0.25) is 4.79 Å². The van der Waals surface area contributed by atoms with Gasteiger partial charge >= 0.3 is 23.9 Å². The lowest BCUT2D eigenvalue weighted by Gasteiger charge is -2.03. The van der Waals surface area contributed by atoms with Crippen LogP contribution in [0.3, 0.4) is 0 Å². The number of aliphatic carboxylic acids is 1. The minimum Gasteiger partial charge on any atom is -0.494 e. The summed E-state index contributed by atoms with van der Waals surface area (Å²) < 4.78 is 19.7. The van der Waals surface area contributed by atoms with Gasteiger partial charge in [-0.15, -0.1) is 0 Å². The Morgan fingerprint density at radius 1 is 0.500 bits per heavy atom. The number of hydrogen-bond donors (Lipinski definition) is 1. The zero-order valence-electron chi connectivity index (χ0n) is 26.5. The molecule has 0 radical (unpaired) electrons. The molecule has 0 aromatic heterocycles. The minimum atomic E-state index is -0.781. The summed E-state index contributed by atoms with van der Waals surface area (Å²) in [7, 11) is 0. The van der Waals surface area contributed by atoms with Crippen molar-refractivity contribution in [1.29, 1.82) is 0 Å². The second-order valence-electron chi connectivity index (χ2n) is 8.92. The van der Waals surface area contributed by atoms with Crippen LogP contribution in [-0.2, 0) is 19.0 Å². The SMILES string of the molecule is CCOC(=O)c1ccccc1.CCOC(=O)c1ccccc1.CCOC(=O)c1ccccc1.O=C(O)CCCOc1ccccc1. The van der Waals surface area contributed by atoms with Gasteiger partial charge in [0.25, 0.3) is 0 Å². The Bertz CT molecular complexity index is 1250. The van der Waals surface area contributed by atoms with E-state index in [1.165, 1.54) is 0 Å². The summed E-state index contributed by atoms with van der Waals surface area (Å²) in [6.07, 6.45) is 0.705. The van der Waals surface area contributed by atoms with Crippen molar-refractivity contribution in [2.45, 2.75) is 33.6 Å². The van der Waals surface area contributed by atoms with Gasteiger partial charge < -0.3 is 24.1 Å². The normalized spacial score (nSPS) is 9.28. The highest BCUT2D eigenvalue weighted by Gasteiger charge is 2.04. The smallest absolute Gasteiger partial charge is 0.338 e. The Hall–Kier alpha value is -5.44. The molecule has 0 aliphatic rings. The molecular weight excluding hydrogens is 588 g/mol. The third kappa shape index (κ3) is 18.3. The maximum absolute atomic E-state index is 11.0. The summed E-state index contributed by atoms with van der Waals surface area (Å²) in [5.74, 6) is -0.765. The Morgan fingerprint density at radius 2 is 0.804 bits per heavy atom. The van der Waals surface area contributed by atoms with E-state index in [2.05, 4.69) is 0 Å². The number of benzene rings is 4. The zero-order chi connectivity index (χ0) is 33.8. The molecule has 46 heavy (non-hydrogen) atoms. The van der Waals surface area contributed by atoms with E-state index in [0.29, 0.717) is 49.5 Å². The quantitative estimate of drug-likeness (QED) is 0.102. The molecule has 0 amide bonds. The molecule has 0 spiro atoms. The molecular formula is C37H42O9. The van der Waals surface area contributed by atoms with Gasteiger partial charge in [-0.05, 0) is 75.7 Å². The van der Waals surface area contributed by atoms with E-state index >= 15 is 0 Å². The molecule has 9 nitrogen and oxygen atoms in total. The van der Waals surface area contributed by atoms with Crippen LogP contribution in [0.4, 0.5) is 0 Å². The predicted molar refractivity (Wildman–Crippen MR) is 176 cm³/mol. The predicted octanol–water partition coefficient (Wildman–Crippen LogP) is 7.52. The van der Waals surface area contributed by atoms with Crippen LogP contribution >= 0.6 is 0 Å². The van der Waals surface area contributed by atoms with Crippen LogP contribution in [0.15, 0.2) is 121 Å². The van der Waals surface area contributed by atoms with Crippen LogP contribution in [0.2, 0.25) is 0 Å². The molecule has 4 aromatic carbocycles. The van der Waals surface area contributed by atoms with Crippen LogP contribution in [0.1, 0.15) is 64.7 Å². The van der Waals surface area contributed by atoms with Crippen molar-refractivity contribution in [1.82, 2.24) is 0 Å². The number of hydrogen-bond acceptors (Lipinski definition) is 8. The van der Waals surface area contributed by atoms with E-state index in [9.17, 15) is 19.2 Å². The van der Waals surface area contributed by atoms with Crippen molar-refractivity contribution in [2.24, 2.45) is 0 Å². The first kappa shape index (κ1) is 38.6. The summed E-state index contributed by atoms with van der Waals surface area (Å²) >= 11 is 0. The summed E-state index contributed by atoms with van der Waals surface area (Å²) in [6, 6.07) is 36.2. The average Bonchev–Trinajstić information content (AvgIpc) is 3.09. The molecule has 0 bridgehead atoms. The third-order valence-electron chi connectivity index (χ3n) is 5.40. The number of carboxylic acid groups (broad SMARTS) is 1.